The molecule has 1 saturated heterocycles. The summed E-state index contributed by atoms with van der Waals surface area (Å²) in [4.78, 5) is 29.7. The second-order valence-electron chi connectivity index (χ2n) is 7.22. The predicted molar refractivity (Wildman–Crippen MR) is 111 cm³/mol. The SMILES string of the molecule is O=C(c1cc2c(s1)CCCCC2)N1CCN(c2nc3cccnc3s2)CC1. The summed E-state index contributed by atoms with van der Waals surface area (Å²) in [7, 11) is 0. The van der Waals surface area contributed by atoms with Gasteiger partial charge in [0.25, 0.3) is 5.91 Å². The van der Waals surface area contributed by atoms with Crippen molar-refractivity contribution in [2.24, 2.45) is 0 Å². The van der Waals surface area contributed by atoms with Crippen molar-refractivity contribution in [3.63, 3.8) is 0 Å². The van der Waals surface area contributed by atoms with Crippen molar-refractivity contribution in [3.05, 3.63) is 39.7 Å². The Balaban J connectivity index is 1.26. The van der Waals surface area contributed by atoms with Crippen LogP contribution in [-0.2, 0) is 12.8 Å². The van der Waals surface area contributed by atoms with Gasteiger partial charge in [-0.15, -0.1) is 11.3 Å². The summed E-state index contributed by atoms with van der Waals surface area (Å²) < 4.78 is 0. The lowest BCUT2D eigenvalue weighted by molar-refractivity contribution is 0.0751. The zero-order valence-electron chi connectivity index (χ0n) is 15.2. The van der Waals surface area contributed by atoms with Gasteiger partial charge in [0.15, 0.2) is 5.13 Å². The largest absolute Gasteiger partial charge is 0.344 e. The number of carbonyl (C=O) groups excluding carboxylic acids is 1. The minimum Gasteiger partial charge on any atom is -0.344 e. The van der Waals surface area contributed by atoms with E-state index >= 15 is 0 Å². The summed E-state index contributed by atoms with van der Waals surface area (Å²) in [5, 5.41) is 1.01. The Morgan fingerprint density at radius 3 is 2.74 bits per heavy atom. The van der Waals surface area contributed by atoms with Crippen molar-refractivity contribution in [1.29, 1.82) is 0 Å². The molecule has 1 amide bonds. The standard InChI is InChI=1S/C20H22N4OS2/c25-19(17-13-14-5-2-1-3-7-16(14)26-17)23-9-11-24(12-10-23)20-22-15-6-4-8-21-18(15)27-20/h4,6,8,13H,1-3,5,7,9-12H2. The van der Waals surface area contributed by atoms with Crippen LogP contribution in [0.3, 0.4) is 0 Å². The third kappa shape index (κ3) is 3.34. The highest BCUT2D eigenvalue weighted by Gasteiger charge is 2.26. The van der Waals surface area contributed by atoms with Crippen LogP contribution >= 0.6 is 22.7 Å². The van der Waals surface area contributed by atoms with Crippen LogP contribution in [0.5, 0.6) is 0 Å². The molecule has 0 radical (unpaired) electrons. The molecule has 2 aliphatic rings. The van der Waals surface area contributed by atoms with Gasteiger partial charge < -0.3 is 9.80 Å². The number of thiophene rings is 1. The lowest BCUT2D eigenvalue weighted by Gasteiger charge is -2.34. The van der Waals surface area contributed by atoms with Gasteiger partial charge in [-0.1, -0.05) is 17.8 Å². The number of hydrogen-bond acceptors (Lipinski definition) is 6. The van der Waals surface area contributed by atoms with Gasteiger partial charge in [-0.05, 0) is 49.4 Å². The first-order chi connectivity index (χ1) is 13.3. The Morgan fingerprint density at radius 2 is 1.89 bits per heavy atom. The maximum absolute atomic E-state index is 13.0. The summed E-state index contributed by atoms with van der Waals surface area (Å²) in [6, 6.07) is 6.09. The molecule has 0 atom stereocenters. The van der Waals surface area contributed by atoms with Crippen molar-refractivity contribution in [2.75, 3.05) is 31.1 Å². The molecular weight excluding hydrogens is 376 g/mol. The Hall–Kier alpha value is -1.99. The predicted octanol–water partition coefficient (Wildman–Crippen LogP) is 3.98. The summed E-state index contributed by atoms with van der Waals surface area (Å²) in [6.07, 6.45) is 7.92. The Bertz CT molecular complexity index is 915. The number of pyridine rings is 1. The van der Waals surface area contributed by atoms with E-state index in [4.69, 9.17) is 4.98 Å². The number of piperazine rings is 1. The molecule has 0 spiro atoms. The quantitative estimate of drug-likeness (QED) is 0.613. The summed E-state index contributed by atoms with van der Waals surface area (Å²) in [6.45, 7) is 3.17. The molecule has 7 heteroatoms. The van der Waals surface area contributed by atoms with Crippen molar-refractivity contribution in [2.45, 2.75) is 32.1 Å². The third-order valence-electron chi connectivity index (χ3n) is 5.45. The molecule has 0 bridgehead atoms. The lowest BCUT2D eigenvalue weighted by atomic mass is 10.1. The summed E-state index contributed by atoms with van der Waals surface area (Å²) in [5.74, 6) is 0.207. The normalized spacial score (nSPS) is 17.8. The highest BCUT2D eigenvalue weighted by molar-refractivity contribution is 7.21. The number of thiazole rings is 1. The lowest BCUT2D eigenvalue weighted by Crippen LogP contribution is -2.48. The van der Waals surface area contributed by atoms with Crippen LogP contribution in [0.2, 0.25) is 0 Å². The van der Waals surface area contributed by atoms with Gasteiger partial charge in [0.2, 0.25) is 0 Å². The number of fused-ring (bicyclic) bond motifs is 2. The van der Waals surface area contributed by atoms with E-state index in [1.54, 1.807) is 22.7 Å². The fourth-order valence-electron chi connectivity index (χ4n) is 3.92. The average molecular weight is 399 g/mol. The molecule has 1 aliphatic heterocycles. The van der Waals surface area contributed by atoms with Crippen LogP contribution in [0.25, 0.3) is 10.3 Å². The van der Waals surface area contributed by atoms with Gasteiger partial charge in [0.05, 0.1) is 4.88 Å². The van der Waals surface area contributed by atoms with Crippen molar-refractivity contribution < 1.29 is 4.79 Å². The number of rotatable bonds is 2. The number of anilines is 1. The van der Waals surface area contributed by atoms with Crippen molar-refractivity contribution >= 4 is 44.1 Å². The fourth-order valence-corrected chi connectivity index (χ4v) is 6.11. The molecule has 5 rings (SSSR count). The molecule has 0 N–H and O–H groups in total. The molecule has 5 nitrogen and oxygen atoms in total. The Kier molecular flexibility index (Phi) is 4.57. The molecule has 1 fully saturated rings. The smallest absolute Gasteiger partial charge is 0.264 e. The highest BCUT2D eigenvalue weighted by atomic mass is 32.1. The van der Waals surface area contributed by atoms with Gasteiger partial charge >= 0.3 is 0 Å². The van der Waals surface area contributed by atoms with E-state index in [0.717, 1.165) is 59.4 Å². The number of nitrogens with zero attached hydrogens (tertiary/aromatic N) is 4. The minimum atomic E-state index is 0.207. The average Bonchev–Trinajstić information content (AvgIpc) is 3.26. The molecule has 0 unspecified atom stereocenters. The first kappa shape index (κ1) is 17.1. The van der Waals surface area contributed by atoms with Crippen LogP contribution in [0.4, 0.5) is 5.13 Å². The second-order valence-corrected chi connectivity index (χ2v) is 9.32. The molecular formula is C20H22N4OS2. The van der Waals surface area contributed by atoms with Gasteiger partial charge in [-0.2, -0.15) is 0 Å². The molecule has 27 heavy (non-hydrogen) atoms. The second kappa shape index (κ2) is 7.20. The summed E-state index contributed by atoms with van der Waals surface area (Å²) >= 11 is 3.36. The van der Waals surface area contributed by atoms with Crippen LogP contribution in [0.1, 0.15) is 39.4 Å². The summed E-state index contributed by atoms with van der Waals surface area (Å²) in [5.41, 5.74) is 2.37. The van der Waals surface area contributed by atoms with E-state index in [-0.39, 0.29) is 5.91 Å². The van der Waals surface area contributed by atoms with E-state index in [0.29, 0.717) is 0 Å². The molecule has 0 aromatic carbocycles. The van der Waals surface area contributed by atoms with Crippen LogP contribution in [-0.4, -0.2) is 47.0 Å². The molecule has 1 aliphatic carbocycles. The van der Waals surface area contributed by atoms with Crippen LogP contribution in [0.15, 0.2) is 24.4 Å². The topological polar surface area (TPSA) is 49.3 Å². The van der Waals surface area contributed by atoms with E-state index in [2.05, 4.69) is 16.0 Å². The molecule has 3 aromatic heterocycles. The van der Waals surface area contributed by atoms with E-state index < -0.39 is 0 Å². The highest BCUT2D eigenvalue weighted by Crippen LogP contribution is 2.31. The number of carbonyl (C=O) groups is 1. The molecule has 3 aromatic rings. The van der Waals surface area contributed by atoms with Gasteiger partial charge in [0, 0.05) is 37.3 Å². The minimum absolute atomic E-state index is 0.207. The van der Waals surface area contributed by atoms with Gasteiger partial charge in [-0.25, -0.2) is 9.97 Å². The Morgan fingerprint density at radius 1 is 1.04 bits per heavy atom. The first-order valence-electron chi connectivity index (χ1n) is 9.65. The van der Waals surface area contributed by atoms with Crippen LogP contribution in [0, 0.1) is 0 Å². The van der Waals surface area contributed by atoms with Crippen molar-refractivity contribution in [3.8, 4) is 0 Å². The van der Waals surface area contributed by atoms with Gasteiger partial charge in [0.1, 0.15) is 10.3 Å². The Labute approximate surface area is 166 Å². The van der Waals surface area contributed by atoms with Crippen LogP contribution < -0.4 is 4.90 Å². The third-order valence-corrected chi connectivity index (χ3v) is 7.71. The zero-order chi connectivity index (χ0) is 18.2. The number of aryl methyl sites for hydroxylation is 2. The zero-order valence-corrected chi connectivity index (χ0v) is 16.8. The maximum Gasteiger partial charge on any atom is 0.264 e. The van der Waals surface area contributed by atoms with E-state index in [1.165, 1.54) is 29.7 Å². The van der Waals surface area contributed by atoms with Crippen molar-refractivity contribution in [1.82, 2.24) is 14.9 Å². The van der Waals surface area contributed by atoms with E-state index in [9.17, 15) is 4.79 Å². The monoisotopic (exact) mass is 398 g/mol. The molecule has 140 valence electrons. The molecule has 0 saturated carbocycles. The van der Waals surface area contributed by atoms with Gasteiger partial charge in [-0.3, -0.25) is 4.79 Å². The number of aromatic nitrogens is 2. The maximum atomic E-state index is 13.0. The first-order valence-corrected chi connectivity index (χ1v) is 11.3. The molecule has 4 heterocycles. The number of hydrogen-bond donors (Lipinski definition) is 0. The fraction of sp³-hybridized carbons (Fsp3) is 0.450. The number of amides is 1. The van der Waals surface area contributed by atoms with E-state index in [1.807, 2.05) is 23.2 Å².